The second-order valence-electron chi connectivity index (χ2n) is 4.74. The molecule has 1 aromatic carbocycles. The van der Waals surface area contributed by atoms with Gasteiger partial charge in [-0.05, 0) is 31.8 Å². The molecule has 1 aromatic heterocycles. The molecule has 1 aliphatic rings. The van der Waals surface area contributed by atoms with Crippen molar-refractivity contribution >= 4 is 10.9 Å². The van der Waals surface area contributed by atoms with Crippen LogP contribution >= 0.6 is 0 Å². The molecule has 0 aliphatic carbocycles. The Morgan fingerprint density at radius 1 is 1.33 bits per heavy atom. The lowest BCUT2D eigenvalue weighted by Crippen LogP contribution is -2.30. The molecule has 96 valence electrons. The van der Waals surface area contributed by atoms with E-state index in [1.807, 2.05) is 0 Å². The van der Waals surface area contributed by atoms with E-state index in [0.717, 1.165) is 25.9 Å². The molecule has 0 spiro atoms. The van der Waals surface area contributed by atoms with Crippen LogP contribution in [0.2, 0.25) is 0 Å². The predicted octanol–water partition coefficient (Wildman–Crippen LogP) is 2.08. The Morgan fingerprint density at radius 2 is 2.17 bits per heavy atom. The molecular formula is C13H16FN3O. The third kappa shape index (κ3) is 2.31. The lowest BCUT2D eigenvalue weighted by molar-refractivity contribution is 0.215. The molecule has 0 unspecified atom stereocenters. The van der Waals surface area contributed by atoms with Crippen LogP contribution in [0.15, 0.2) is 18.3 Å². The van der Waals surface area contributed by atoms with Crippen LogP contribution < -0.4 is 10.1 Å². The van der Waals surface area contributed by atoms with Gasteiger partial charge >= 0.3 is 0 Å². The molecule has 0 bridgehead atoms. The number of aromatic amines is 1. The molecule has 0 amide bonds. The van der Waals surface area contributed by atoms with Crippen LogP contribution in [0.3, 0.4) is 0 Å². The van der Waals surface area contributed by atoms with Gasteiger partial charge in [0.05, 0.1) is 23.7 Å². The van der Waals surface area contributed by atoms with Crippen LogP contribution in [0, 0.1) is 11.7 Å². The molecule has 2 aromatic rings. The monoisotopic (exact) mass is 249 g/mol. The summed E-state index contributed by atoms with van der Waals surface area (Å²) < 4.78 is 19.4. The molecule has 2 heterocycles. The SMILES string of the molecule is Fc1cc(OCC2CCNCC2)cc2[nH]ncc12. The minimum atomic E-state index is -0.290. The quantitative estimate of drug-likeness (QED) is 0.875. The second-order valence-corrected chi connectivity index (χ2v) is 4.74. The van der Waals surface area contributed by atoms with Crippen molar-refractivity contribution in [2.75, 3.05) is 19.7 Å². The highest BCUT2D eigenvalue weighted by Gasteiger charge is 2.14. The van der Waals surface area contributed by atoms with Crippen molar-refractivity contribution in [2.24, 2.45) is 5.92 Å². The minimum Gasteiger partial charge on any atom is -0.493 e. The lowest BCUT2D eigenvalue weighted by atomic mass is 9.99. The van der Waals surface area contributed by atoms with E-state index in [2.05, 4.69) is 15.5 Å². The van der Waals surface area contributed by atoms with Crippen molar-refractivity contribution in [3.63, 3.8) is 0 Å². The Kier molecular flexibility index (Phi) is 3.15. The number of piperidine rings is 1. The topological polar surface area (TPSA) is 49.9 Å². The molecular weight excluding hydrogens is 233 g/mol. The third-order valence-corrected chi connectivity index (χ3v) is 3.43. The zero-order valence-electron chi connectivity index (χ0n) is 10.1. The first-order chi connectivity index (χ1) is 8.83. The summed E-state index contributed by atoms with van der Waals surface area (Å²) in [7, 11) is 0. The number of nitrogens with one attached hydrogen (secondary N) is 2. The number of halogens is 1. The molecule has 2 N–H and O–H groups in total. The van der Waals surface area contributed by atoms with Gasteiger partial charge in [-0.15, -0.1) is 0 Å². The fourth-order valence-corrected chi connectivity index (χ4v) is 2.33. The number of hydrogen-bond donors (Lipinski definition) is 2. The first-order valence-electron chi connectivity index (χ1n) is 6.29. The largest absolute Gasteiger partial charge is 0.493 e. The van der Waals surface area contributed by atoms with E-state index in [0.29, 0.717) is 29.2 Å². The molecule has 3 rings (SSSR count). The van der Waals surface area contributed by atoms with E-state index >= 15 is 0 Å². The Labute approximate surface area is 105 Å². The summed E-state index contributed by atoms with van der Waals surface area (Å²) >= 11 is 0. The lowest BCUT2D eigenvalue weighted by Gasteiger charge is -2.22. The maximum Gasteiger partial charge on any atom is 0.137 e. The maximum atomic E-state index is 13.7. The number of benzene rings is 1. The number of rotatable bonds is 3. The fraction of sp³-hybridized carbons (Fsp3) is 0.462. The van der Waals surface area contributed by atoms with Crippen LogP contribution in [0.1, 0.15) is 12.8 Å². The summed E-state index contributed by atoms with van der Waals surface area (Å²) in [6.45, 7) is 2.74. The summed E-state index contributed by atoms with van der Waals surface area (Å²) in [6, 6.07) is 3.23. The number of ether oxygens (including phenoxy) is 1. The average Bonchev–Trinajstić information content (AvgIpc) is 2.86. The van der Waals surface area contributed by atoms with Crippen LogP contribution in [0.5, 0.6) is 5.75 Å². The summed E-state index contributed by atoms with van der Waals surface area (Å²) in [5.41, 5.74) is 0.676. The molecule has 0 saturated carbocycles. The van der Waals surface area contributed by atoms with Gasteiger partial charge in [0.1, 0.15) is 11.6 Å². The second kappa shape index (κ2) is 4.94. The highest BCUT2D eigenvalue weighted by molar-refractivity contribution is 5.80. The third-order valence-electron chi connectivity index (χ3n) is 3.43. The summed E-state index contributed by atoms with van der Waals surface area (Å²) in [4.78, 5) is 0. The number of nitrogens with zero attached hydrogens (tertiary/aromatic N) is 1. The molecule has 5 heteroatoms. The van der Waals surface area contributed by atoms with Gasteiger partial charge in [-0.1, -0.05) is 0 Å². The number of fused-ring (bicyclic) bond motifs is 1. The standard InChI is InChI=1S/C13H16FN3O/c14-12-5-10(6-13-11(12)7-16-17-13)18-8-9-1-3-15-4-2-9/h5-7,9,15H,1-4,8H2,(H,16,17). The van der Waals surface area contributed by atoms with Gasteiger partial charge in [-0.3, -0.25) is 5.10 Å². The number of H-pyrrole nitrogens is 1. The normalized spacial score (nSPS) is 17.2. The first-order valence-corrected chi connectivity index (χ1v) is 6.29. The smallest absolute Gasteiger partial charge is 0.137 e. The van der Waals surface area contributed by atoms with E-state index in [9.17, 15) is 4.39 Å². The van der Waals surface area contributed by atoms with Crippen LogP contribution in [-0.4, -0.2) is 29.9 Å². The Bertz CT molecular complexity index is 534. The minimum absolute atomic E-state index is 0.290. The molecule has 1 aliphatic heterocycles. The predicted molar refractivity (Wildman–Crippen MR) is 67.1 cm³/mol. The van der Waals surface area contributed by atoms with E-state index in [-0.39, 0.29) is 5.82 Å². The number of aromatic nitrogens is 2. The summed E-state index contributed by atoms with van der Waals surface area (Å²) in [6.07, 6.45) is 3.73. The van der Waals surface area contributed by atoms with Gasteiger partial charge in [0.25, 0.3) is 0 Å². The molecule has 1 saturated heterocycles. The number of hydrogen-bond acceptors (Lipinski definition) is 3. The first kappa shape index (κ1) is 11.5. The van der Waals surface area contributed by atoms with Gasteiger partial charge in [0, 0.05) is 12.1 Å². The zero-order chi connectivity index (χ0) is 12.4. The van der Waals surface area contributed by atoms with Gasteiger partial charge in [-0.25, -0.2) is 4.39 Å². The van der Waals surface area contributed by atoms with Crippen molar-refractivity contribution in [1.82, 2.24) is 15.5 Å². The molecule has 4 nitrogen and oxygen atoms in total. The van der Waals surface area contributed by atoms with Crippen LogP contribution in [0.25, 0.3) is 10.9 Å². The Hall–Kier alpha value is -1.62. The summed E-state index contributed by atoms with van der Waals surface area (Å²) in [5, 5.41) is 10.4. The zero-order valence-corrected chi connectivity index (χ0v) is 10.1. The fourth-order valence-electron chi connectivity index (χ4n) is 2.33. The van der Waals surface area contributed by atoms with E-state index in [4.69, 9.17) is 4.74 Å². The van der Waals surface area contributed by atoms with Crippen molar-refractivity contribution in [3.05, 3.63) is 24.1 Å². The van der Waals surface area contributed by atoms with Gasteiger partial charge in [-0.2, -0.15) is 5.10 Å². The highest BCUT2D eigenvalue weighted by Crippen LogP contribution is 2.23. The van der Waals surface area contributed by atoms with Crippen molar-refractivity contribution in [3.8, 4) is 5.75 Å². The van der Waals surface area contributed by atoms with E-state index in [1.54, 1.807) is 6.07 Å². The van der Waals surface area contributed by atoms with Crippen LogP contribution in [-0.2, 0) is 0 Å². The van der Waals surface area contributed by atoms with Crippen molar-refractivity contribution in [1.29, 1.82) is 0 Å². The van der Waals surface area contributed by atoms with E-state index in [1.165, 1.54) is 12.3 Å². The maximum absolute atomic E-state index is 13.7. The Morgan fingerprint density at radius 3 is 3.00 bits per heavy atom. The molecule has 0 radical (unpaired) electrons. The van der Waals surface area contributed by atoms with Gasteiger partial charge < -0.3 is 10.1 Å². The molecule has 1 fully saturated rings. The highest BCUT2D eigenvalue weighted by atomic mass is 19.1. The van der Waals surface area contributed by atoms with E-state index < -0.39 is 0 Å². The van der Waals surface area contributed by atoms with Crippen molar-refractivity contribution in [2.45, 2.75) is 12.8 Å². The van der Waals surface area contributed by atoms with Gasteiger partial charge in [0.2, 0.25) is 0 Å². The van der Waals surface area contributed by atoms with Crippen LogP contribution in [0.4, 0.5) is 4.39 Å². The average molecular weight is 249 g/mol. The Balaban J connectivity index is 1.70. The van der Waals surface area contributed by atoms with Gasteiger partial charge in [0.15, 0.2) is 0 Å². The molecule has 18 heavy (non-hydrogen) atoms. The summed E-state index contributed by atoms with van der Waals surface area (Å²) in [5.74, 6) is 0.844. The molecule has 0 atom stereocenters. The van der Waals surface area contributed by atoms with Crippen molar-refractivity contribution < 1.29 is 9.13 Å².